The van der Waals surface area contributed by atoms with Crippen LogP contribution >= 0.6 is 0 Å². The maximum atomic E-state index is 12.0. The smallest absolute Gasteiger partial charge is 0.305 e. The van der Waals surface area contributed by atoms with Gasteiger partial charge in [-0.3, -0.25) is 4.79 Å². The van der Waals surface area contributed by atoms with Gasteiger partial charge in [0, 0.05) is 13.0 Å². The molecule has 0 saturated carbocycles. The first-order chi connectivity index (χ1) is 22.6. The number of aliphatic hydroxyl groups excluding tert-OH is 7. The average molecular weight is 683 g/mol. The Morgan fingerprint density at radius 3 is 1.64 bits per heavy atom. The number of carbonyl (C=O) groups excluding carboxylic acids is 1. The lowest BCUT2D eigenvalue weighted by Crippen LogP contribution is -2.61. The molecule has 14 heteroatoms. The Balaban J connectivity index is 1.72. The summed E-state index contributed by atoms with van der Waals surface area (Å²) in [6.07, 6.45) is 0.186. The van der Waals surface area contributed by atoms with Crippen LogP contribution in [0.4, 0.5) is 0 Å². The summed E-state index contributed by atoms with van der Waals surface area (Å²) in [6, 6.07) is 0. The molecule has 2 fully saturated rings. The largest absolute Gasteiger partial charge is 0.457 e. The quantitative estimate of drug-likeness (QED) is 0.0530. The molecule has 0 aromatic carbocycles. The molecule has 0 radical (unpaired) electrons. The molecule has 0 spiro atoms. The molecule has 0 amide bonds. The number of aliphatic hydroxyl groups is 7. The fraction of sp³-hybridized carbons (Fsp3) is 0.970. The molecule has 2 rings (SSSR count). The first kappa shape index (κ1) is 42.2. The molecule has 0 aromatic rings. The average Bonchev–Trinajstić information content (AvgIpc) is 3.07. The van der Waals surface area contributed by atoms with Crippen molar-refractivity contribution < 1.29 is 69.0 Å². The second-order valence-electron chi connectivity index (χ2n) is 12.7. The number of carbonyl (C=O) groups is 1. The number of esters is 1. The third-order valence-corrected chi connectivity index (χ3v) is 8.67. The molecule has 0 aliphatic carbocycles. The summed E-state index contributed by atoms with van der Waals surface area (Å²) >= 11 is 0. The van der Waals surface area contributed by atoms with Crippen molar-refractivity contribution in [3.05, 3.63) is 0 Å². The van der Waals surface area contributed by atoms with Crippen molar-refractivity contribution >= 4 is 5.97 Å². The van der Waals surface area contributed by atoms with Crippen molar-refractivity contribution in [1.82, 2.24) is 0 Å². The summed E-state index contributed by atoms with van der Waals surface area (Å²) in [5, 5.41) is 70.8. The van der Waals surface area contributed by atoms with Crippen molar-refractivity contribution in [3.63, 3.8) is 0 Å². The van der Waals surface area contributed by atoms with Crippen LogP contribution in [0.5, 0.6) is 0 Å². The fourth-order valence-corrected chi connectivity index (χ4v) is 5.61. The van der Waals surface area contributed by atoms with E-state index in [-0.39, 0.29) is 19.6 Å². The van der Waals surface area contributed by atoms with Gasteiger partial charge in [0.05, 0.1) is 26.4 Å². The zero-order valence-electron chi connectivity index (χ0n) is 28.3. The molecule has 47 heavy (non-hydrogen) atoms. The van der Waals surface area contributed by atoms with E-state index >= 15 is 0 Å². The van der Waals surface area contributed by atoms with E-state index in [9.17, 15) is 40.5 Å². The van der Waals surface area contributed by atoms with Gasteiger partial charge in [0.1, 0.15) is 54.9 Å². The Bertz CT molecular complexity index is 803. The normalized spacial score (nSPS) is 31.9. The van der Waals surface area contributed by atoms with E-state index in [1.54, 1.807) is 6.92 Å². The van der Waals surface area contributed by atoms with Crippen LogP contribution in [0.3, 0.4) is 0 Å². The molecular weight excluding hydrogens is 620 g/mol. The molecule has 11 atom stereocenters. The van der Waals surface area contributed by atoms with E-state index in [0.717, 1.165) is 19.3 Å². The minimum atomic E-state index is -1.69. The van der Waals surface area contributed by atoms with Crippen molar-refractivity contribution in [2.45, 2.75) is 171 Å². The predicted octanol–water partition coefficient (Wildman–Crippen LogP) is 1.06. The van der Waals surface area contributed by atoms with Crippen molar-refractivity contribution in [2.24, 2.45) is 0 Å². The van der Waals surface area contributed by atoms with Crippen LogP contribution in [0.25, 0.3) is 0 Å². The maximum Gasteiger partial charge on any atom is 0.305 e. The molecular formula is C33H62O14. The van der Waals surface area contributed by atoms with Crippen LogP contribution in [-0.2, 0) is 33.2 Å². The monoisotopic (exact) mass is 682 g/mol. The van der Waals surface area contributed by atoms with E-state index in [4.69, 9.17) is 28.4 Å². The lowest BCUT2D eigenvalue weighted by Gasteiger charge is -2.42. The Hall–Kier alpha value is -1.01. The maximum absolute atomic E-state index is 12.0. The summed E-state index contributed by atoms with van der Waals surface area (Å²) in [5.41, 5.74) is 0. The highest BCUT2D eigenvalue weighted by Crippen LogP contribution is 2.26. The van der Waals surface area contributed by atoms with Gasteiger partial charge in [-0.25, -0.2) is 0 Å². The summed E-state index contributed by atoms with van der Waals surface area (Å²) in [4.78, 5) is 12.0. The second kappa shape index (κ2) is 24.2. The first-order valence-electron chi connectivity index (χ1n) is 17.6. The van der Waals surface area contributed by atoms with Gasteiger partial charge >= 0.3 is 5.97 Å². The summed E-state index contributed by atoms with van der Waals surface area (Å²) in [7, 11) is 0. The highest BCUT2D eigenvalue weighted by Gasteiger charge is 2.47. The Morgan fingerprint density at radius 2 is 1.11 bits per heavy atom. The summed E-state index contributed by atoms with van der Waals surface area (Å²) in [5.74, 6) is -0.463. The summed E-state index contributed by atoms with van der Waals surface area (Å²) < 4.78 is 33.2. The molecule has 0 aromatic heterocycles. The molecule has 2 heterocycles. The highest BCUT2D eigenvalue weighted by molar-refractivity contribution is 5.69. The summed E-state index contributed by atoms with van der Waals surface area (Å²) in [6.45, 7) is 3.08. The third-order valence-electron chi connectivity index (χ3n) is 8.67. The number of rotatable bonds is 25. The Labute approximate surface area is 279 Å². The van der Waals surface area contributed by atoms with Crippen molar-refractivity contribution in [1.29, 1.82) is 0 Å². The molecule has 2 aliphatic heterocycles. The van der Waals surface area contributed by atoms with Gasteiger partial charge in [-0.1, -0.05) is 90.9 Å². The fourth-order valence-electron chi connectivity index (χ4n) is 5.61. The van der Waals surface area contributed by atoms with Gasteiger partial charge in [-0.15, -0.1) is 0 Å². The molecule has 278 valence electrons. The van der Waals surface area contributed by atoms with Crippen LogP contribution in [0.1, 0.15) is 104 Å². The molecule has 14 nitrogen and oxygen atoms in total. The topological polar surface area (TPSA) is 214 Å². The minimum absolute atomic E-state index is 0.0572. The predicted molar refractivity (Wildman–Crippen MR) is 169 cm³/mol. The number of hydrogen-bond acceptors (Lipinski definition) is 14. The molecule has 7 N–H and O–H groups in total. The highest BCUT2D eigenvalue weighted by atomic mass is 16.7. The molecule has 2 aliphatic rings. The van der Waals surface area contributed by atoms with Crippen LogP contribution in [0.2, 0.25) is 0 Å². The Kier molecular flexibility index (Phi) is 21.7. The van der Waals surface area contributed by atoms with E-state index in [2.05, 4.69) is 6.92 Å². The number of hydrogen-bond donors (Lipinski definition) is 7. The van der Waals surface area contributed by atoms with E-state index < -0.39 is 86.7 Å². The van der Waals surface area contributed by atoms with Crippen LogP contribution in [0, 0.1) is 0 Å². The van der Waals surface area contributed by atoms with E-state index in [1.165, 1.54) is 64.2 Å². The van der Waals surface area contributed by atoms with Gasteiger partial charge in [-0.2, -0.15) is 0 Å². The second-order valence-corrected chi connectivity index (χ2v) is 12.7. The third kappa shape index (κ3) is 15.2. The van der Waals surface area contributed by atoms with Crippen molar-refractivity contribution in [2.75, 3.05) is 33.0 Å². The van der Waals surface area contributed by atoms with Gasteiger partial charge in [0.25, 0.3) is 0 Å². The number of ether oxygens (including phenoxy) is 6. The lowest BCUT2D eigenvalue weighted by atomic mass is 9.98. The SMILES string of the molecule is CCCCCCCCCCCCCCCOCC(COC1OC(COC2OC(CO)C(O)C(O)C2O)C(O)C(O)C1O)OC(=O)CC. The standard InChI is InChI=1S/C33H62O14/c1-3-5-6-7-8-9-10-11-12-13-14-15-16-17-42-19-22(45-25(35)4-2)20-43-32-31(41)29(39)27(37)24(47-32)21-44-33-30(40)28(38)26(36)23(18-34)46-33/h22-24,26-34,36-41H,3-21H2,1-2H3. The molecule has 11 unspecified atom stereocenters. The zero-order valence-corrected chi connectivity index (χ0v) is 28.3. The van der Waals surface area contributed by atoms with Crippen molar-refractivity contribution in [3.8, 4) is 0 Å². The number of unbranched alkanes of at least 4 members (excludes halogenated alkanes) is 12. The van der Waals surface area contributed by atoms with Gasteiger partial charge < -0.3 is 64.2 Å². The van der Waals surface area contributed by atoms with E-state index in [1.807, 2.05) is 0 Å². The van der Waals surface area contributed by atoms with Gasteiger partial charge in [0.15, 0.2) is 12.6 Å². The van der Waals surface area contributed by atoms with Crippen LogP contribution in [0.15, 0.2) is 0 Å². The van der Waals surface area contributed by atoms with E-state index in [0.29, 0.717) is 6.61 Å². The zero-order chi connectivity index (χ0) is 34.6. The lowest BCUT2D eigenvalue weighted by molar-refractivity contribution is -0.332. The van der Waals surface area contributed by atoms with Gasteiger partial charge in [0.2, 0.25) is 0 Å². The van der Waals surface area contributed by atoms with Gasteiger partial charge in [-0.05, 0) is 6.42 Å². The minimum Gasteiger partial charge on any atom is -0.457 e. The Morgan fingerprint density at radius 1 is 0.617 bits per heavy atom. The van der Waals surface area contributed by atoms with Crippen LogP contribution < -0.4 is 0 Å². The molecule has 2 saturated heterocycles. The first-order valence-corrected chi connectivity index (χ1v) is 17.6. The van der Waals surface area contributed by atoms with Crippen LogP contribution in [-0.4, -0.2) is 142 Å². The molecule has 0 bridgehead atoms.